The minimum absolute atomic E-state index is 0.0356. The van der Waals surface area contributed by atoms with Crippen molar-refractivity contribution in [1.82, 2.24) is 4.90 Å². The van der Waals surface area contributed by atoms with Gasteiger partial charge in [-0.15, -0.1) is 0 Å². The minimum Gasteiger partial charge on any atom is -0.453 e. The zero-order valence-corrected chi connectivity index (χ0v) is 17.5. The quantitative estimate of drug-likeness (QED) is 0.520. The van der Waals surface area contributed by atoms with Crippen molar-refractivity contribution in [3.63, 3.8) is 0 Å². The summed E-state index contributed by atoms with van der Waals surface area (Å²) in [6.07, 6.45) is -0.819. The first-order valence-electron chi connectivity index (χ1n) is 10.3. The van der Waals surface area contributed by atoms with Crippen LogP contribution in [0.2, 0.25) is 0 Å². The molecule has 30 heavy (non-hydrogen) atoms. The van der Waals surface area contributed by atoms with Gasteiger partial charge in [0, 0.05) is 43.9 Å². The van der Waals surface area contributed by atoms with E-state index in [9.17, 15) is 14.4 Å². The largest absolute Gasteiger partial charge is 0.453 e. The molecule has 0 radical (unpaired) electrons. The van der Waals surface area contributed by atoms with Crippen LogP contribution < -0.4 is 4.90 Å². The van der Waals surface area contributed by atoms with Gasteiger partial charge in [-0.3, -0.25) is 14.4 Å². The molecule has 0 spiro atoms. The Labute approximate surface area is 177 Å². The summed E-state index contributed by atoms with van der Waals surface area (Å²) in [4.78, 5) is 40.9. The lowest BCUT2D eigenvalue weighted by Gasteiger charge is -2.37. The average Bonchev–Trinajstić information content (AvgIpc) is 2.78. The maximum absolute atomic E-state index is 12.6. The molecule has 0 unspecified atom stereocenters. The lowest BCUT2D eigenvalue weighted by atomic mass is 10.1. The predicted octanol–water partition coefficient (Wildman–Crippen LogP) is 3.24. The van der Waals surface area contributed by atoms with Gasteiger partial charge in [-0.2, -0.15) is 0 Å². The van der Waals surface area contributed by atoms with Crippen molar-refractivity contribution in [1.29, 1.82) is 0 Å². The van der Waals surface area contributed by atoms with Crippen molar-refractivity contribution in [3.05, 3.63) is 65.7 Å². The van der Waals surface area contributed by atoms with E-state index in [0.717, 1.165) is 24.3 Å². The number of para-hydroxylation sites is 1. The van der Waals surface area contributed by atoms with Crippen LogP contribution in [0.25, 0.3) is 0 Å². The van der Waals surface area contributed by atoms with Gasteiger partial charge in [0.1, 0.15) is 0 Å². The molecule has 1 aliphatic rings. The van der Waals surface area contributed by atoms with Gasteiger partial charge < -0.3 is 14.5 Å². The van der Waals surface area contributed by atoms with Crippen molar-refractivity contribution < 1.29 is 19.1 Å². The fourth-order valence-corrected chi connectivity index (χ4v) is 3.49. The number of ketones is 1. The zero-order valence-electron chi connectivity index (χ0n) is 17.5. The third kappa shape index (κ3) is 5.69. The Morgan fingerprint density at radius 2 is 1.53 bits per heavy atom. The van der Waals surface area contributed by atoms with E-state index < -0.39 is 12.1 Å². The lowest BCUT2D eigenvalue weighted by Crippen LogP contribution is -2.51. The molecule has 2 aromatic rings. The molecule has 3 rings (SSSR count). The van der Waals surface area contributed by atoms with Crippen molar-refractivity contribution in [2.45, 2.75) is 32.8 Å². The molecule has 1 amide bonds. The van der Waals surface area contributed by atoms with E-state index in [4.69, 9.17) is 4.74 Å². The molecule has 158 valence electrons. The van der Waals surface area contributed by atoms with Crippen LogP contribution >= 0.6 is 0 Å². The smallest absolute Gasteiger partial charge is 0.307 e. The first-order chi connectivity index (χ1) is 14.4. The maximum atomic E-state index is 12.6. The fourth-order valence-electron chi connectivity index (χ4n) is 3.49. The Kier molecular flexibility index (Phi) is 7.22. The van der Waals surface area contributed by atoms with E-state index in [-0.39, 0.29) is 24.5 Å². The van der Waals surface area contributed by atoms with E-state index in [1.807, 2.05) is 37.3 Å². The molecule has 6 nitrogen and oxygen atoms in total. The molecule has 1 atom stereocenters. The highest BCUT2D eigenvalue weighted by molar-refractivity contribution is 5.97. The van der Waals surface area contributed by atoms with Gasteiger partial charge in [0.25, 0.3) is 5.91 Å². The molecule has 1 saturated heterocycles. The highest BCUT2D eigenvalue weighted by Crippen LogP contribution is 2.16. The molecule has 0 aromatic heterocycles. The molecular weight excluding hydrogens is 380 g/mol. The van der Waals surface area contributed by atoms with Crippen LogP contribution in [-0.2, 0) is 14.3 Å². The molecular formula is C24H28N2O4. The van der Waals surface area contributed by atoms with E-state index in [1.165, 1.54) is 0 Å². The summed E-state index contributed by atoms with van der Waals surface area (Å²) in [6.45, 7) is 6.18. The van der Waals surface area contributed by atoms with E-state index in [1.54, 1.807) is 24.0 Å². The third-order valence-corrected chi connectivity index (χ3v) is 5.30. The number of Topliss-reactive ketones (excluding diaryl/α,β-unsaturated/α-hetero) is 1. The van der Waals surface area contributed by atoms with Crippen LogP contribution in [0.15, 0.2) is 54.6 Å². The Bertz CT molecular complexity index is 872. The first kappa shape index (κ1) is 21.6. The number of ether oxygens (including phenoxy) is 1. The number of benzene rings is 2. The standard InChI is InChI=1S/C24H28N2O4/c1-18-8-10-20(11-9-18)22(27)12-13-23(28)30-19(2)24(29)26-16-14-25(15-17-26)21-6-4-3-5-7-21/h3-11,19H,12-17H2,1-2H3/t19-/m0/s1. The molecule has 0 saturated carbocycles. The summed E-state index contributed by atoms with van der Waals surface area (Å²) in [5.74, 6) is -0.830. The number of hydrogen-bond acceptors (Lipinski definition) is 5. The van der Waals surface area contributed by atoms with E-state index in [0.29, 0.717) is 18.7 Å². The van der Waals surface area contributed by atoms with E-state index in [2.05, 4.69) is 17.0 Å². The number of nitrogens with zero attached hydrogens (tertiary/aromatic N) is 2. The van der Waals surface area contributed by atoms with Crippen LogP contribution in [0.4, 0.5) is 5.69 Å². The summed E-state index contributed by atoms with van der Waals surface area (Å²) in [6, 6.07) is 17.3. The zero-order chi connectivity index (χ0) is 21.5. The summed E-state index contributed by atoms with van der Waals surface area (Å²) >= 11 is 0. The van der Waals surface area contributed by atoms with Gasteiger partial charge in [0.2, 0.25) is 0 Å². The molecule has 6 heteroatoms. The molecule has 1 fully saturated rings. The lowest BCUT2D eigenvalue weighted by molar-refractivity contribution is -0.159. The van der Waals surface area contributed by atoms with Crippen LogP contribution in [-0.4, -0.2) is 54.8 Å². The monoisotopic (exact) mass is 408 g/mol. The number of carbonyl (C=O) groups excluding carboxylic acids is 3. The number of aryl methyl sites for hydroxylation is 1. The van der Waals surface area contributed by atoms with Gasteiger partial charge in [-0.05, 0) is 26.0 Å². The predicted molar refractivity (Wildman–Crippen MR) is 116 cm³/mol. The molecule has 0 bridgehead atoms. The van der Waals surface area contributed by atoms with Gasteiger partial charge in [-0.25, -0.2) is 0 Å². The Hall–Kier alpha value is -3.15. The molecule has 0 N–H and O–H groups in total. The minimum atomic E-state index is -0.852. The summed E-state index contributed by atoms with van der Waals surface area (Å²) in [5.41, 5.74) is 2.79. The normalized spacial score (nSPS) is 14.9. The number of anilines is 1. The van der Waals surface area contributed by atoms with Crippen LogP contribution in [0, 0.1) is 6.92 Å². The first-order valence-corrected chi connectivity index (χ1v) is 10.3. The van der Waals surface area contributed by atoms with Gasteiger partial charge >= 0.3 is 5.97 Å². The number of piperazine rings is 1. The second kappa shape index (κ2) is 10.1. The third-order valence-electron chi connectivity index (χ3n) is 5.30. The highest BCUT2D eigenvalue weighted by Gasteiger charge is 2.27. The number of rotatable bonds is 7. The average molecular weight is 408 g/mol. The number of carbonyl (C=O) groups is 3. The molecule has 2 aromatic carbocycles. The highest BCUT2D eigenvalue weighted by atomic mass is 16.5. The van der Waals surface area contributed by atoms with Crippen molar-refractivity contribution in [3.8, 4) is 0 Å². The van der Waals surface area contributed by atoms with E-state index >= 15 is 0 Å². The van der Waals surface area contributed by atoms with Gasteiger partial charge in [0.15, 0.2) is 11.9 Å². The maximum Gasteiger partial charge on any atom is 0.307 e. The molecule has 0 aliphatic carbocycles. The van der Waals surface area contributed by atoms with Crippen molar-refractivity contribution in [2.24, 2.45) is 0 Å². The summed E-state index contributed by atoms with van der Waals surface area (Å²) in [5, 5.41) is 0. The van der Waals surface area contributed by atoms with Crippen LogP contribution in [0.5, 0.6) is 0 Å². The molecule has 1 aliphatic heterocycles. The Balaban J connectivity index is 1.42. The second-order valence-electron chi connectivity index (χ2n) is 7.57. The van der Waals surface area contributed by atoms with Gasteiger partial charge in [-0.1, -0.05) is 48.0 Å². The second-order valence-corrected chi connectivity index (χ2v) is 7.57. The SMILES string of the molecule is Cc1ccc(C(=O)CCC(=O)O[C@@H](C)C(=O)N2CCN(c3ccccc3)CC2)cc1. The number of esters is 1. The summed E-state index contributed by atoms with van der Waals surface area (Å²) < 4.78 is 5.29. The molecule has 1 heterocycles. The van der Waals surface area contributed by atoms with Gasteiger partial charge in [0.05, 0.1) is 6.42 Å². The topological polar surface area (TPSA) is 66.9 Å². The van der Waals surface area contributed by atoms with Crippen LogP contribution in [0.1, 0.15) is 35.7 Å². The summed E-state index contributed by atoms with van der Waals surface area (Å²) in [7, 11) is 0. The number of hydrogen-bond donors (Lipinski definition) is 0. The van der Waals surface area contributed by atoms with Crippen molar-refractivity contribution >= 4 is 23.3 Å². The number of amides is 1. The fraction of sp³-hybridized carbons (Fsp3) is 0.375. The Morgan fingerprint density at radius 1 is 0.900 bits per heavy atom. The van der Waals surface area contributed by atoms with Crippen molar-refractivity contribution in [2.75, 3.05) is 31.1 Å². The Morgan fingerprint density at radius 3 is 2.17 bits per heavy atom. The van der Waals surface area contributed by atoms with Crippen LogP contribution in [0.3, 0.4) is 0 Å².